The first-order valence-electron chi connectivity index (χ1n) is 8.46. The van der Waals surface area contributed by atoms with Gasteiger partial charge in [-0.3, -0.25) is 19.9 Å². The predicted octanol–water partition coefficient (Wildman–Crippen LogP) is 4.22. The fraction of sp³-hybridized carbons (Fsp3) is 0.0476. The fourth-order valence-electron chi connectivity index (χ4n) is 2.34. The lowest BCUT2D eigenvalue weighted by atomic mass is 10.2. The lowest BCUT2D eigenvalue weighted by Crippen LogP contribution is -2.07. The van der Waals surface area contributed by atoms with Gasteiger partial charge >= 0.3 is 0 Å². The third kappa shape index (κ3) is 5.50. The SMILES string of the molecule is O=C(/C=C/c1ccc(OCc2ccccn2)cc1)Nc1ccc([N+](=O)[O-])cc1. The van der Waals surface area contributed by atoms with E-state index in [4.69, 9.17) is 4.74 Å². The monoisotopic (exact) mass is 375 g/mol. The van der Waals surface area contributed by atoms with Crippen LogP contribution in [0.15, 0.2) is 79.0 Å². The molecule has 0 fully saturated rings. The maximum absolute atomic E-state index is 12.0. The highest BCUT2D eigenvalue weighted by Crippen LogP contribution is 2.16. The number of nitro benzene ring substituents is 1. The number of ether oxygens (including phenoxy) is 1. The Balaban J connectivity index is 1.52. The number of carbonyl (C=O) groups excluding carboxylic acids is 1. The molecule has 140 valence electrons. The average Bonchev–Trinajstić information content (AvgIpc) is 2.72. The van der Waals surface area contributed by atoms with Gasteiger partial charge in [0.05, 0.1) is 10.6 Å². The molecule has 2 aromatic carbocycles. The second kappa shape index (κ2) is 9.09. The fourth-order valence-corrected chi connectivity index (χ4v) is 2.34. The van der Waals surface area contributed by atoms with Gasteiger partial charge in [0.2, 0.25) is 5.91 Å². The summed E-state index contributed by atoms with van der Waals surface area (Å²) < 4.78 is 5.66. The van der Waals surface area contributed by atoms with Crippen LogP contribution < -0.4 is 10.1 Å². The molecule has 3 rings (SSSR count). The van der Waals surface area contributed by atoms with Gasteiger partial charge in [-0.05, 0) is 48.0 Å². The largest absolute Gasteiger partial charge is 0.487 e. The Hall–Kier alpha value is -4.00. The summed E-state index contributed by atoms with van der Waals surface area (Å²) >= 11 is 0. The minimum atomic E-state index is -0.491. The molecule has 0 saturated carbocycles. The normalized spacial score (nSPS) is 10.6. The van der Waals surface area contributed by atoms with Crippen molar-refractivity contribution in [2.75, 3.05) is 5.32 Å². The minimum absolute atomic E-state index is 0.0288. The summed E-state index contributed by atoms with van der Waals surface area (Å²) in [5, 5.41) is 13.3. The highest BCUT2D eigenvalue weighted by Gasteiger charge is 2.05. The van der Waals surface area contributed by atoms with Gasteiger partial charge < -0.3 is 10.1 Å². The van der Waals surface area contributed by atoms with Crippen molar-refractivity contribution in [2.45, 2.75) is 6.61 Å². The third-order valence-electron chi connectivity index (χ3n) is 3.77. The number of pyridine rings is 1. The van der Waals surface area contributed by atoms with Crippen molar-refractivity contribution in [3.63, 3.8) is 0 Å². The lowest BCUT2D eigenvalue weighted by Gasteiger charge is -2.05. The molecule has 1 amide bonds. The topological polar surface area (TPSA) is 94.4 Å². The maximum Gasteiger partial charge on any atom is 0.269 e. The molecule has 0 bridgehead atoms. The molecule has 0 spiro atoms. The lowest BCUT2D eigenvalue weighted by molar-refractivity contribution is -0.384. The standard InChI is InChI=1S/C21H17N3O4/c25-21(23-17-7-9-19(10-8-17)24(26)27)13-6-16-4-11-20(12-5-16)28-15-18-3-1-2-14-22-18/h1-14H,15H2,(H,23,25)/b13-6+. The van der Waals surface area contributed by atoms with E-state index >= 15 is 0 Å². The zero-order chi connectivity index (χ0) is 19.8. The van der Waals surface area contributed by atoms with Crippen LogP contribution in [0.3, 0.4) is 0 Å². The van der Waals surface area contributed by atoms with Gasteiger partial charge in [0, 0.05) is 30.1 Å². The Bertz CT molecular complexity index is 969. The molecule has 0 aliphatic heterocycles. The molecule has 0 atom stereocenters. The number of nitrogens with zero attached hydrogens (tertiary/aromatic N) is 2. The number of anilines is 1. The summed E-state index contributed by atoms with van der Waals surface area (Å²) in [7, 11) is 0. The molecule has 7 heteroatoms. The highest BCUT2D eigenvalue weighted by atomic mass is 16.6. The number of hydrogen-bond acceptors (Lipinski definition) is 5. The third-order valence-corrected chi connectivity index (χ3v) is 3.77. The van der Waals surface area contributed by atoms with E-state index < -0.39 is 4.92 Å². The second-order valence-electron chi connectivity index (χ2n) is 5.81. The van der Waals surface area contributed by atoms with Crippen molar-refractivity contribution in [3.05, 3.63) is 100 Å². The van der Waals surface area contributed by atoms with E-state index in [1.807, 2.05) is 42.5 Å². The number of nitro groups is 1. The first-order valence-corrected chi connectivity index (χ1v) is 8.46. The molecule has 3 aromatic rings. The minimum Gasteiger partial charge on any atom is -0.487 e. The van der Waals surface area contributed by atoms with E-state index in [-0.39, 0.29) is 11.6 Å². The number of carbonyl (C=O) groups is 1. The molecule has 0 radical (unpaired) electrons. The Morgan fingerprint density at radius 1 is 1.07 bits per heavy atom. The Kier molecular flexibility index (Phi) is 6.10. The zero-order valence-corrected chi connectivity index (χ0v) is 14.8. The average molecular weight is 375 g/mol. The van der Waals surface area contributed by atoms with Crippen molar-refractivity contribution in [2.24, 2.45) is 0 Å². The van der Waals surface area contributed by atoms with Crippen LogP contribution in [0.2, 0.25) is 0 Å². The van der Waals surface area contributed by atoms with Crippen LogP contribution in [-0.2, 0) is 11.4 Å². The zero-order valence-electron chi connectivity index (χ0n) is 14.8. The summed E-state index contributed by atoms with van der Waals surface area (Å²) in [5.74, 6) is 0.377. The van der Waals surface area contributed by atoms with E-state index in [1.54, 1.807) is 12.3 Å². The van der Waals surface area contributed by atoms with Crippen LogP contribution in [0.4, 0.5) is 11.4 Å². The number of non-ortho nitro benzene ring substituents is 1. The van der Waals surface area contributed by atoms with Gasteiger partial charge in [0.1, 0.15) is 12.4 Å². The predicted molar refractivity (Wildman–Crippen MR) is 106 cm³/mol. The molecule has 1 aromatic heterocycles. The van der Waals surface area contributed by atoms with Crippen molar-refractivity contribution in [3.8, 4) is 5.75 Å². The van der Waals surface area contributed by atoms with Crippen LogP contribution in [0, 0.1) is 10.1 Å². The summed E-state index contributed by atoms with van der Waals surface area (Å²) in [5.41, 5.74) is 2.14. The van der Waals surface area contributed by atoms with Crippen molar-refractivity contribution in [1.29, 1.82) is 0 Å². The summed E-state index contributed by atoms with van der Waals surface area (Å²) in [6.07, 6.45) is 4.78. The first-order chi connectivity index (χ1) is 13.6. The Morgan fingerprint density at radius 2 is 1.82 bits per heavy atom. The van der Waals surface area contributed by atoms with E-state index in [2.05, 4.69) is 10.3 Å². The van der Waals surface area contributed by atoms with Gasteiger partial charge in [-0.25, -0.2) is 0 Å². The molecular weight excluding hydrogens is 358 g/mol. The molecule has 28 heavy (non-hydrogen) atoms. The van der Waals surface area contributed by atoms with E-state index in [9.17, 15) is 14.9 Å². The van der Waals surface area contributed by atoms with Gasteiger partial charge in [-0.2, -0.15) is 0 Å². The maximum atomic E-state index is 12.0. The van der Waals surface area contributed by atoms with Crippen LogP contribution in [-0.4, -0.2) is 15.8 Å². The van der Waals surface area contributed by atoms with E-state index in [0.717, 1.165) is 11.3 Å². The first kappa shape index (κ1) is 18.8. The molecule has 0 aliphatic rings. The molecule has 1 heterocycles. The second-order valence-corrected chi connectivity index (χ2v) is 5.81. The summed E-state index contributed by atoms with van der Waals surface area (Å²) in [6.45, 7) is 0.383. The Labute approximate surface area is 161 Å². The van der Waals surface area contributed by atoms with Crippen molar-refractivity contribution < 1.29 is 14.5 Å². The van der Waals surface area contributed by atoms with E-state index in [1.165, 1.54) is 30.3 Å². The summed E-state index contributed by atoms with van der Waals surface area (Å²) in [6, 6.07) is 18.6. The number of nitrogens with one attached hydrogen (secondary N) is 1. The van der Waals surface area contributed by atoms with Crippen LogP contribution in [0.1, 0.15) is 11.3 Å². The number of hydrogen-bond donors (Lipinski definition) is 1. The van der Waals surface area contributed by atoms with Gasteiger partial charge in [-0.15, -0.1) is 0 Å². The molecule has 0 aliphatic carbocycles. The quantitative estimate of drug-likeness (QED) is 0.379. The van der Waals surface area contributed by atoms with Crippen molar-refractivity contribution in [1.82, 2.24) is 4.98 Å². The number of amides is 1. The van der Waals surface area contributed by atoms with E-state index in [0.29, 0.717) is 18.0 Å². The van der Waals surface area contributed by atoms with Crippen LogP contribution in [0.25, 0.3) is 6.08 Å². The molecule has 0 saturated heterocycles. The van der Waals surface area contributed by atoms with Crippen molar-refractivity contribution >= 4 is 23.4 Å². The van der Waals surface area contributed by atoms with Crippen LogP contribution in [0.5, 0.6) is 5.75 Å². The van der Waals surface area contributed by atoms with Gasteiger partial charge in [0.15, 0.2) is 0 Å². The number of aromatic nitrogens is 1. The molecule has 7 nitrogen and oxygen atoms in total. The smallest absolute Gasteiger partial charge is 0.269 e. The number of benzene rings is 2. The number of rotatable bonds is 7. The van der Waals surface area contributed by atoms with Gasteiger partial charge in [0.25, 0.3) is 5.69 Å². The highest BCUT2D eigenvalue weighted by molar-refractivity contribution is 6.01. The molecular formula is C21H17N3O4. The van der Waals surface area contributed by atoms with Gasteiger partial charge in [-0.1, -0.05) is 18.2 Å². The molecule has 0 unspecified atom stereocenters. The molecule has 1 N–H and O–H groups in total. The Morgan fingerprint density at radius 3 is 2.46 bits per heavy atom. The summed E-state index contributed by atoms with van der Waals surface area (Å²) in [4.78, 5) is 26.3. The van der Waals surface area contributed by atoms with Crippen LogP contribution >= 0.6 is 0 Å².